The van der Waals surface area contributed by atoms with Crippen molar-refractivity contribution in [3.8, 4) is 5.75 Å². The van der Waals surface area contributed by atoms with Crippen LogP contribution in [0.5, 0.6) is 5.75 Å². The second kappa shape index (κ2) is 8.91. The molecule has 0 amide bonds. The average molecular weight is 507 g/mol. The lowest BCUT2D eigenvalue weighted by molar-refractivity contribution is -0.118. The number of nitrogens with zero attached hydrogens (tertiary/aromatic N) is 1. The zero-order valence-corrected chi connectivity index (χ0v) is 20.4. The third-order valence-electron chi connectivity index (χ3n) is 6.33. The van der Waals surface area contributed by atoms with Crippen LogP contribution in [0.4, 0.5) is 10.2 Å². The number of sulfonamides is 1. The molecule has 0 aliphatic heterocycles. The molecule has 0 fully saturated rings. The fourth-order valence-corrected chi connectivity index (χ4v) is 6.23. The number of rotatable bonds is 6. The van der Waals surface area contributed by atoms with Crippen LogP contribution in [-0.2, 0) is 19.6 Å². The van der Waals surface area contributed by atoms with Gasteiger partial charge in [0, 0.05) is 18.9 Å². The molecule has 9 heteroatoms. The summed E-state index contributed by atoms with van der Waals surface area (Å²) in [5.74, 6) is 0.222. The average Bonchev–Trinajstić information content (AvgIpc) is 3.26. The van der Waals surface area contributed by atoms with Gasteiger partial charge in [-0.25, -0.2) is 12.8 Å². The molecule has 0 radical (unpaired) electrons. The number of allylic oxidation sites excluding steroid dienone is 1. The molecule has 3 aromatic carbocycles. The van der Waals surface area contributed by atoms with E-state index in [-0.39, 0.29) is 30.0 Å². The second-order valence-electron chi connectivity index (χ2n) is 8.82. The summed E-state index contributed by atoms with van der Waals surface area (Å²) in [6.07, 6.45) is 1.26. The summed E-state index contributed by atoms with van der Waals surface area (Å²) >= 11 is 0. The minimum Gasteiger partial charge on any atom is -0.497 e. The van der Waals surface area contributed by atoms with E-state index in [0.717, 1.165) is 16.8 Å². The number of Topliss-reactive ketones (excluding diaryl/α,β-unsaturated/α-hetero) is 1. The second-order valence-corrected chi connectivity index (χ2v) is 10.8. The maximum atomic E-state index is 14.3. The first-order valence-electron chi connectivity index (χ1n) is 11.2. The van der Waals surface area contributed by atoms with E-state index in [2.05, 4.69) is 9.88 Å². The summed E-state index contributed by atoms with van der Waals surface area (Å²) in [5, 5.41) is 5.57. The number of carbonyl (C=O) groups is 1. The largest absolute Gasteiger partial charge is 0.497 e. The minimum atomic E-state index is -4.33. The Bertz CT molecular complexity index is 1630. The standard InChI is InChI=1S/C27H23FN2O5S/c1-17-10-26(29-35-17)30-36(32,33)27(22-4-3-5-23(28)14-22)15-21(12-24(31)16-27)19-6-7-20-13-25(34-2)9-8-18(20)11-19/h3-11,13-15H,12,16H2,1-2H3,(H,29,30). The molecule has 0 saturated heterocycles. The van der Waals surface area contributed by atoms with Crippen LogP contribution in [0.25, 0.3) is 16.3 Å². The Hall–Kier alpha value is -3.98. The number of ether oxygens (including phenoxy) is 1. The lowest BCUT2D eigenvalue weighted by Crippen LogP contribution is -2.42. The van der Waals surface area contributed by atoms with Gasteiger partial charge in [0.05, 0.1) is 7.11 Å². The summed E-state index contributed by atoms with van der Waals surface area (Å²) in [4.78, 5) is 13.1. The van der Waals surface area contributed by atoms with Crippen molar-refractivity contribution in [1.29, 1.82) is 0 Å². The molecule has 1 aliphatic carbocycles. The summed E-state index contributed by atoms with van der Waals surface area (Å²) in [5.41, 5.74) is 1.38. The van der Waals surface area contributed by atoms with Gasteiger partial charge in [-0.2, -0.15) is 0 Å². The van der Waals surface area contributed by atoms with Crippen LogP contribution in [0, 0.1) is 12.7 Å². The van der Waals surface area contributed by atoms with Crippen molar-refractivity contribution in [1.82, 2.24) is 5.16 Å². The first kappa shape index (κ1) is 23.7. The molecule has 184 valence electrons. The minimum absolute atomic E-state index is 0.0177. The van der Waals surface area contributed by atoms with Crippen molar-refractivity contribution >= 4 is 38.0 Å². The van der Waals surface area contributed by atoms with E-state index < -0.39 is 20.6 Å². The van der Waals surface area contributed by atoms with E-state index in [4.69, 9.17) is 9.26 Å². The molecule has 1 atom stereocenters. The molecule has 1 aromatic heterocycles. The monoisotopic (exact) mass is 506 g/mol. The molecule has 0 saturated carbocycles. The van der Waals surface area contributed by atoms with Crippen molar-refractivity contribution in [2.45, 2.75) is 24.5 Å². The molecule has 7 nitrogen and oxygen atoms in total. The number of hydrogen-bond donors (Lipinski definition) is 1. The molecular formula is C27H23FN2O5S. The molecule has 0 bridgehead atoms. The number of fused-ring (bicyclic) bond motifs is 1. The van der Waals surface area contributed by atoms with E-state index in [1.807, 2.05) is 36.4 Å². The molecule has 36 heavy (non-hydrogen) atoms. The highest BCUT2D eigenvalue weighted by Crippen LogP contribution is 2.44. The van der Waals surface area contributed by atoms with E-state index >= 15 is 0 Å². The Balaban J connectivity index is 1.69. The first-order valence-corrected chi connectivity index (χ1v) is 12.7. The van der Waals surface area contributed by atoms with Gasteiger partial charge in [-0.3, -0.25) is 9.52 Å². The summed E-state index contributed by atoms with van der Waals surface area (Å²) in [6, 6.07) is 18.0. The summed E-state index contributed by atoms with van der Waals surface area (Å²) in [6.45, 7) is 1.63. The summed E-state index contributed by atoms with van der Waals surface area (Å²) in [7, 11) is -2.74. The van der Waals surface area contributed by atoms with Gasteiger partial charge in [0.25, 0.3) is 0 Å². The Morgan fingerprint density at radius 3 is 2.56 bits per heavy atom. The SMILES string of the molecule is COc1ccc2cc(C3=CC(c4cccc(F)c4)(S(=O)(=O)Nc4cc(C)on4)CC(=O)C3)ccc2c1. The van der Waals surface area contributed by atoms with Gasteiger partial charge >= 0.3 is 0 Å². The number of aryl methyl sites for hydroxylation is 1. The zero-order valence-electron chi connectivity index (χ0n) is 19.6. The maximum Gasteiger partial charge on any atom is 0.248 e. The highest BCUT2D eigenvalue weighted by atomic mass is 32.2. The first-order chi connectivity index (χ1) is 17.2. The van der Waals surface area contributed by atoms with Crippen molar-refractivity contribution in [3.05, 3.63) is 95.5 Å². The topological polar surface area (TPSA) is 98.5 Å². The highest BCUT2D eigenvalue weighted by molar-refractivity contribution is 7.93. The maximum absolute atomic E-state index is 14.3. The predicted molar refractivity (Wildman–Crippen MR) is 135 cm³/mol. The number of ketones is 1. The highest BCUT2D eigenvalue weighted by Gasteiger charge is 2.48. The van der Waals surface area contributed by atoms with Crippen LogP contribution in [0.2, 0.25) is 0 Å². The molecule has 0 spiro atoms. The van der Waals surface area contributed by atoms with Gasteiger partial charge in [-0.05, 0) is 64.7 Å². The van der Waals surface area contributed by atoms with Crippen LogP contribution in [0.3, 0.4) is 0 Å². The van der Waals surface area contributed by atoms with Crippen LogP contribution in [0.1, 0.15) is 29.7 Å². The number of hydrogen-bond acceptors (Lipinski definition) is 6. The lowest BCUT2D eigenvalue weighted by atomic mass is 9.81. The van der Waals surface area contributed by atoms with Crippen molar-refractivity contribution in [2.75, 3.05) is 11.8 Å². The molecule has 5 rings (SSSR count). The van der Waals surface area contributed by atoms with E-state index in [0.29, 0.717) is 22.6 Å². The normalized spacial score (nSPS) is 18.2. The van der Waals surface area contributed by atoms with E-state index in [1.54, 1.807) is 20.1 Å². The van der Waals surface area contributed by atoms with Gasteiger partial charge in [0.2, 0.25) is 10.0 Å². The number of carbonyl (C=O) groups excluding carboxylic acids is 1. The Labute approximate surface area is 207 Å². The van der Waals surface area contributed by atoms with Crippen molar-refractivity contribution in [2.24, 2.45) is 0 Å². The molecule has 1 N–H and O–H groups in total. The van der Waals surface area contributed by atoms with Gasteiger partial charge < -0.3 is 9.26 Å². The quantitative estimate of drug-likeness (QED) is 0.378. The van der Waals surface area contributed by atoms with Gasteiger partial charge in [0.15, 0.2) is 5.82 Å². The third kappa shape index (κ3) is 4.26. The van der Waals surface area contributed by atoms with Crippen LogP contribution < -0.4 is 9.46 Å². The fourth-order valence-electron chi connectivity index (χ4n) is 4.60. The van der Waals surface area contributed by atoms with Crippen LogP contribution in [0.15, 0.2) is 77.3 Å². The molecule has 1 aliphatic rings. The molecule has 4 aromatic rings. The van der Waals surface area contributed by atoms with Gasteiger partial charge in [-0.15, -0.1) is 0 Å². The molecular weight excluding hydrogens is 483 g/mol. The molecule has 1 unspecified atom stereocenters. The third-order valence-corrected chi connectivity index (χ3v) is 8.27. The van der Waals surface area contributed by atoms with E-state index in [9.17, 15) is 17.6 Å². The number of nitrogens with one attached hydrogen (secondary N) is 1. The van der Waals surface area contributed by atoms with E-state index in [1.165, 1.54) is 24.3 Å². The van der Waals surface area contributed by atoms with Crippen LogP contribution in [-0.4, -0.2) is 26.5 Å². The fraction of sp³-hybridized carbons (Fsp3) is 0.185. The number of benzene rings is 3. The Morgan fingerprint density at radius 2 is 1.83 bits per heavy atom. The summed E-state index contributed by atoms with van der Waals surface area (Å²) < 4.78 is 52.9. The van der Waals surface area contributed by atoms with Gasteiger partial charge in [-0.1, -0.05) is 41.6 Å². The number of methoxy groups -OCH3 is 1. The van der Waals surface area contributed by atoms with Crippen molar-refractivity contribution in [3.63, 3.8) is 0 Å². The zero-order chi connectivity index (χ0) is 25.5. The lowest BCUT2D eigenvalue weighted by Gasteiger charge is -2.34. The molecule has 1 heterocycles. The Morgan fingerprint density at radius 1 is 1.06 bits per heavy atom. The predicted octanol–water partition coefficient (Wildman–Crippen LogP) is 5.37. The number of halogens is 1. The smallest absolute Gasteiger partial charge is 0.248 e. The Kier molecular flexibility index (Phi) is 5.88. The van der Waals surface area contributed by atoms with Crippen LogP contribution >= 0.6 is 0 Å². The number of anilines is 1. The number of aromatic nitrogens is 1. The van der Waals surface area contributed by atoms with Crippen molar-refractivity contribution < 1.29 is 26.9 Å². The van der Waals surface area contributed by atoms with Gasteiger partial charge in [0.1, 0.15) is 27.9 Å².